The van der Waals surface area contributed by atoms with Crippen LogP contribution in [-0.4, -0.2) is 0 Å². The highest BCUT2D eigenvalue weighted by Gasteiger charge is 1.82. The molecule has 0 fully saturated rings. The summed E-state index contributed by atoms with van der Waals surface area (Å²) in [6.45, 7) is 6.78. The fourth-order valence-electron chi connectivity index (χ4n) is 0.781. The van der Waals surface area contributed by atoms with Crippen LogP contribution in [0.5, 0.6) is 0 Å². The van der Waals surface area contributed by atoms with Gasteiger partial charge in [-0.1, -0.05) is 54.6 Å². The lowest BCUT2D eigenvalue weighted by molar-refractivity contribution is 1.28. The molecule has 0 spiro atoms. The van der Waals surface area contributed by atoms with Gasteiger partial charge in [-0.15, -0.1) is 6.58 Å². The van der Waals surface area contributed by atoms with E-state index < -0.39 is 0 Å². The van der Waals surface area contributed by atoms with Gasteiger partial charge in [0.25, 0.3) is 0 Å². The third-order valence-corrected chi connectivity index (χ3v) is 1.22. The Morgan fingerprint density at radius 3 is 2.08 bits per heavy atom. The average molecular weight is 181 g/mol. The summed E-state index contributed by atoms with van der Waals surface area (Å²) in [6, 6.07) is 10.3. The van der Waals surface area contributed by atoms with Crippen molar-refractivity contribution in [1.29, 1.82) is 0 Å². The predicted molar refractivity (Wildman–Crippen MR) is 56.4 cm³/mol. The summed E-state index contributed by atoms with van der Waals surface area (Å²) >= 11 is 4.76. The predicted octanol–water partition coefficient (Wildman–Crippen LogP) is 3.78. The molecule has 1 aromatic carbocycles. The Balaban J connectivity index is 0.000000354. The highest BCUT2D eigenvalue weighted by atomic mass is 35.5. The van der Waals surface area contributed by atoms with E-state index in [9.17, 15) is 0 Å². The van der Waals surface area contributed by atoms with Crippen molar-refractivity contribution in [2.75, 3.05) is 0 Å². The van der Waals surface area contributed by atoms with Crippen LogP contribution in [0.1, 0.15) is 5.56 Å². The molecule has 0 N–H and O–H groups in total. The molecule has 0 radical (unpaired) electrons. The van der Waals surface area contributed by atoms with Gasteiger partial charge in [0.05, 0.1) is 0 Å². The summed E-state index contributed by atoms with van der Waals surface area (Å²) < 4.78 is 0. The van der Waals surface area contributed by atoms with Crippen LogP contribution in [0.15, 0.2) is 55.1 Å². The summed E-state index contributed by atoms with van der Waals surface area (Å²) in [6.07, 6.45) is 2.89. The Morgan fingerprint density at radius 1 is 1.17 bits per heavy atom. The van der Waals surface area contributed by atoms with E-state index in [-0.39, 0.29) is 0 Å². The summed E-state index contributed by atoms with van der Waals surface area (Å²) in [5.74, 6) is 0. The zero-order valence-corrected chi connectivity index (χ0v) is 7.80. The lowest BCUT2D eigenvalue weighted by atomic mass is 10.2. The molecule has 0 unspecified atom stereocenters. The van der Waals surface area contributed by atoms with Crippen molar-refractivity contribution in [3.05, 3.63) is 60.7 Å². The molecule has 0 atom stereocenters. The van der Waals surface area contributed by atoms with E-state index in [1.165, 1.54) is 11.1 Å². The molecule has 0 aromatic heterocycles. The van der Waals surface area contributed by atoms with E-state index >= 15 is 0 Å². The molecule has 1 heteroatoms. The maximum atomic E-state index is 4.76. The first-order valence-corrected chi connectivity index (χ1v) is 4.14. The molecule has 0 heterocycles. The van der Waals surface area contributed by atoms with Crippen molar-refractivity contribution >= 4 is 11.6 Å². The zero-order valence-electron chi connectivity index (χ0n) is 7.04. The zero-order chi connectivity index (χ0) is 9.23. The fraction of sp³-hybridized carbons (Fsp3) is 0.0909. The number of rotatable bonds is 2. The fourth-order valence-corrected chi connectivity index (χ4v) is 0.781. The van der Waals surface area contributed by atoms with Gasteiger partial charge < -0.3 is 0 Å². The van der Waals surface area contributed by atoms with Crippen molar-refractivity contribution < 1.29 is 0 Å². The maximum absolute atomic E-state index is 4.76. The standard InChI is InChI=1S/C9H10.C2H3Cl/c1-2-6-9-7-4-3-5-8-9;1-2-3/h2-5,7-8H,1,6H2;2H,1H2. The number of benzene rings is 1. The van der Waals surface area contributed by atoms with E-state index in [1.807, 2.05) is 24.3 Å². The van der Waals surface area contributed by atoms with Gasteiger partial charge in [0.15, 0.2) is 0 Å². The number of allylic oxidation sites excluding steroid dienone is 1. The highest BCUT2D eigenvalue weighted by molar-refractivity contribution is 6.25. The van der Waals surface area contributed by atoms with Gasteiger partial charge in [0, 0.05) is 0 Å². The van der Waals surface area contributed by atoms with Crippen LogP contribution < -0.4 is 0 Å². The van der Waals surface area contributed by atoms with Crippen molar-refractivity contribution in [3.63, 3.8) is 0 Å². The largest absolute Gasteiger partial charge is 0.103 e. The van der Waals surface area contributed by atoms with Gasteiger partial charge >= 0.3 is 0 Å². The van der Waals surface area contributed by atoms with Crippen molar-refractivity contribution in [2.24, 2.45) is 0 Å². The van der Waals surface area contributed by atoms with Gasteiger partial charge in [-0.25, -0.2) is 0 Å². The molecule has 1 aromatic rings. The van der Waals surface area contributed by atoms with E-state index in [4.69, 9.17) is 11.6 Å². The minimum atomic E-state index is 0.973. The SMILES string of the molecule is C=CCc1ccccc1.C=CCl. The normalized spacial score (nSPS) is 7.75. The van der Waals surface area contributed by atoms with Crippen LogP contribution >= 0.6 is 11.6 Å². The van der Waals surface area contributed by atoms with Crippen LogP contribution in [0.3, 0.4) is 0 Å². The quantitative estimate of drug-likeness (QED) is 0.608. The van der Waals surface area contributed by atoms with Crippen LogP contribution in [0.25, 0.3) is 0 Å². The topological polar surface area (TPSA) is 0 Å². The number of hydrogen-bond donors (Lipinski definition) is 0. The van der Waals surface area contributed by atoms with Crippen molar-refractivity contribution in [2.45, 2.75) is 6.42 Å². The molecular weight excluding hydrogens is 168 g/mol. The maximum Gasteiger partial charge on any atom is -0.00296 e. The van der Waals surface area contributed by atoms with Gasteiger partial charge in [-0.2, -0.15) is 0 Å². The second-order valence-electron chi connectivity index (χ2n) is 2.13. The van der Waals surface area contributed by atoms with Crippen LogP contribution in [0.4, 0.5) is 0 Å². The molecule has 0 nitrogen and oxygen atoms in total. The first kappa shape index (κ1) is 11.0. The van der Waals surface area contributed by atoms with Crippen molar-refractivity contribution in [1.82, 2.24) is 0 Å². The molecule has 0 amide bonds. The second-order valence-corrected chi connectivity index (χ2v) is 2.44. The molecule has 0 aliphatic heterocycles. The minimum absolute atomic E-state index is 0.973. The summed E-state index contributed by atoms with van der Waals surface area (Å²) in [5.41, 5.74) is 2.55. The summed E-state index contributed by atoms with van der Waals surface area (Å²) in [5, 5.41) is 0. The third kappa shape index (κ3) is 5.75. The van der Waals surface area contributed by atoms with Gasteiger partial charge in [0.2, 0.25) is 0 Å². The first-order valence-electron chi connectivity index (χ1n) is 3.71. The van der Waals surface area contributed by atoms with E-state index in [2.05, 4.69) is 25.3 Å². The molecule has 0 bridgehead atoms. The molecule has 0 saturated heterocycles. The molecule has 12 heavy (non-hydrogen) atoms. The Morgan fingerprint density at radius 2 is 1.67 bits per heavy atom. The minimum Gasteiger partial charge on any atom is -0.103 e. The van der Waals surface area contributed by atoms with E-state index in [0.717, 1.165) is 6.42 Å². The number of hydrogen-bond acceptors (Lipinski definition) is 0. The Kier molecular flexibility index (Phi) is 7.41. The average Bonchev–Trinajstić information content (AvgIpc) is 2.08. The Labute approximate surface area is 79.2 Å². The molecule has 0 saturated carbocycles. The van der Waals surface area contributed by atoms with Crippen LogP contribution in [0, 0.1) is 0 Å². The van der Waals surface area contributed by atoms with Crippen molar-refractivity contribution in [3.8, 4) is 0 Å². The Bertz CT molecular complexity index is 214. The highest BCUT2D eigenvalue weighted by Crippen LogP contribution is 1.98. The Hall–Kier alpha value is -1.01. The molecule has 0 aliphatic rings. The molecular formula is C11H13Cl. The molecule has 0 aliphatic carbocycles. The molecule has 64 valence electrons. The van der Waals surface area contributed by atoms with Gasteiger partial charge in [0.1, 0.15) is 0 Å². The third-order valence-electron chi connectivity index (χ3n) is 1.22. The lowest BCUT2D eigenvalue weighted by Crippen LogP contribution is -1.75. The monoisotopic (exact) mass is 180 g/mol. The van der Waals surface area contributed by atoms with Crippen LogP contribution in [0.2, 0.25) is 0 Å². The van der Waals surface area contributed by atoms with E-state index in [1.54, 1.807) is 0 Å². The van der Waals surface area contributed by atoms with Gasteiger partial charge in [-0.3, -0.25) is 0 Å². The number of halogens is 1. The van der Waals surface area contributed by atoms with Crippen LogP contribution in [-0.2, 0) is 6.42 Å². The first-order chi connectivity index (χ1) is 5.85. The second kappa shape index (κ2) is 8.09. The lowest BCUT2D eigenvalue weighted by Gasteiger charge is -1.91. The summed E-state index contributed by atoms with van der Waals surface area (Å²) in [7, 11) is 0. The smallest absolute Gasteiger partial charge is 0.00296 e. The van der Waals surface area contributed by atoms with E-state index in [0.29, 0.717) is 0 Å². The molecule has 1 rings (SSSR count). The van der Waals surface area contributed by atoms with Gasteiger partial charge in [-0.05, 0) is 17.5 Å². The summed E-state index contributed by atoms with van der Waals surface area (Å²) in [4.78, 5) is 0.